The van der Waals surface area contributed by atoms with Crippen LogP contribution in [-0.4, -0.2) is 30.3 Å². The lowest BCUT2D eigenvalue weighted by Gasteiger charge is -2.17. The molecule has 4 nitrogen and oxygen atoms in total. The van der Waals surface area contributed by atoms with Crippen LogP contribution in [0.1, 0.15) is 15.9 Å². The molecule has 0 aromatic heterocycles. The van der Waals surface area contributed by atoms with E-state index >= 15 is 0 Å². The fourth-order valence-electron chi connectivity index (χ4n) is 1.94. The lowest BCUT2D eigenvalue weighted by Crippen LogP contribution is -2.37. The van der Waals surface area contributed by atoms with E-state index < -0.39 is 0 Å². The lowest BCUT2D eigenvalue weighted by molar-refractivity contribution is -0.129. The van der Waals surface area contributed by atoms with Crippen molar-refractivity contribution >= 4 is 27.7 Å². The summed E-state index contributed by atoms with van der Waals surface area (Å²) in [5.41, 5.74) is 1.58. The molecule has 0 spiro atoms. The van der Waals surface area contributed by atoms with Crippen LogP contribution in [0.4, 0.5) is 0 Å². The third-order valence-electron chi connectivity index (χ3n) is 3.19. The van der Waals surface area contributed by atoms with E-state index in [0.29, 0.717) is 12.1 Å². The highest BCUT2D eigenvalue weighted by atomic mass is 79.9. The van der Waals surface area contributed by atoms with Crippen molar-refractivity contribution in [3.63, 3.8) is 0 Å². The van der Waals surface area contributed by atoms with Crippen LogP contribution in [0, 0.1) is 0 Å². The molecule has 0 aliphatic heterocycles. The average Bonchev–Trinajstić information content (AvgIpc) is 2.53. The number of likely N-dealkylation sites (N-methyl/N-ethyl adjacent to an activating group) is 1. The summed E-state index contributed by atoms with van der Waals surface area (Å²) < 4.78 is 0.905. The Labute approximate surface area is 138 Å². The van der Waals surface area contributed by atoms with E-state index in [1.54, 1.807) is 36.2 Å². The number of amides is 2. The zero-order valence-electron chi connectivity index (χ0n) is 12.3. The maximum absolute atomic E-state index is 12.0. The smallest absolute Gasteiger partial charge is 0.251 e. The van der Waals surface area contributed by atoms with Crippen molar-refractivity contribution in [1.82, 2.24) is 10.2 Å². The minimum Gasteiger partial charge on any atom is -0.343 e. The molecule has 22 heavy (non-hydrogen) atoms. The number of benzene rings is 2. The first-order chi connectivity index (χ1) is 10.6. The van der Waals surface area contributed by atoms with Gasteiger partial charge in [-0.05, 0) is 29.8 Å². The van der Waals surface area contributed by atoms with Gasteiger partial charge in [0.15, 0.2) is 0 Å². The Kier molecular flexibility index (Phi) is 5.72. The maximum atomic E-state index is 12.0. The molecule has 0 radical (unpaired) electrons. The number of hydrogen-bond donors (Lipinski definition) is 1. The molecule has 0 heterocycles. The Hall–Kier alpha value is -2.14. The van der Waals surface area contributed by atoms with Crippen LogP contribution < -0.4 is 5.32 Å². The van der Waals surface area contributed by atoms with Crippen LogP contribution in [0.5, 0.6) is 0 Å². The Balaban J connectivity index is 1.84. The van der Waals surface area contributed by atoms with E-state index in [9.17, 15) is 9.59 Å². The van der Waals surface area contributed by atoms with Crippen molar-refractivity contribution in [3.05, 3.63) is 70.2 Å². The third kappa shape index (κ3) is 4.70. The van der Waals surface area contributed by atoms with E-state index in [0.717, 1.165) is 10.0 Å². The molecule has 2 rings (SSSR count). The minimum atomic E-state index is -0.256. The van der Waals surface area contributed by atoms with Crippen LogP contribution in [0.15, 0.2) is 59.1 Å². The first kappa shape index (κ1) is 16.2. The number of carbonyl (C=O) groups is 2. The second-order valence-electron chi connectivity index (χ2n) is 4.92. The molecule has 0 aliphatic rings. The number of hydrogen-bond acceptors (Lipinski definition) is 2. The normalized spacial score (nSPS) is 10.1. The van der Waals surface area contributed by atoms with Gasteiger partial charge >= 0.3 is 0 Å². The number of nitrogens with zero attached hydrogens (tertiary/aromatic N) is 1. The summed E-state index contributed by atoms with van der Waals surface area (Å²) in [6.07, 6.45) is 0. The highest BCUT2D eigenvalue weighted by molar-refractivity contribution is 9.10. The molecule has 114 valence electrons. The quantitative estimate of drug-likeness (QED) is 0.891. The molecule has 0 saturated carbocycles. The molecule has 0 unspecified atom stereocenters. The van der Waals surface area contributed by atoms with Crippen molar-refractivity contribution in [2.24, 2.45) is 0 Å². The van der Waals surface area contributed by atoms with Crippen molar-refractivity contribution in [1.29, 1.82) is 0 Å². The predicted octanol–water partition coefficient (Wildman–Crippen LogP) is 2.84. The SMILES string of the molecule is CN(Cc1ccccc1)C(=O)CNC(=O)c1ccc(Br)cc1. The fraction of sp³-hybridized carbons (Fsp3) is 0.176. The summed E-state index contributed by atoms with van der Waals surface area (Å²) in [7, 11) is 1.72. The van der Waals surface area contributed by atoms with Gasteiger partial charge in [0.1, 0.15) is 0 Å². The Morgan fingerprint density at radius 3 is 2.32 bits per heavy atom. The maximum Gasteiger partial charge on any atom is 0.251 e. The topological polar surface area (TPSA) is 49.4 Å². The molecular weight excluding hydrogens is 344 g/mol. The van der Waals surface area contributed by atoms with Gasteiger partial charge in [0.05, 0.1) is 6.54 Å². The molecule has 0 aliphatic carbocycles. The monoisotopic (exact) mass is 360 g/mol. The number of carbonyl (C=O) groups excluding carboxylic acids is 2. The zero-order valence-corrected chi connectivity index (χ0v) is 13.8. The molecule has 0 fully saturated rings. The molecule has 2 aromatic carbocycles. The van der Waals surface area contributed by atoms with Gasteiger partial charge in [-0.25, -0.2) is 0 Å². The Bertz CT molecular complexity index is 641. The fourth-order valence-corrected chi connectivity index (χ4v) is 2.20. The van der Waals surface area contributed by atoms with E-state index in [2.05, 4.69) is 21.2 Å². The van der Waals surface area contributed by atoms with Crippen LogP contribution in [0.25, 0.3) is 0 Å². The van der Waals surface area contributed by atoms with E-state index in [-0.39, 0.29) is 18.4 Å². The molecule has 5 heteroatoms. The van der Waals surface area contributed by atoms with Crippen LogP contribution in [0.2, 0.25) is 0 Å². The van der Waals surface area contributed by atoms with E-state index in [1.807, 2.05) is 30.3 Å². The second kappa shape index (κ2) is 7.75. The number of nitrogens with one attached hydrogen (secondary N) is 1. The number of halogens is 1. The molecule has 0 saturated heterocycles. The molecule has 0 bridgehead atoms. The zero-order chi connectivity index (χ0) is 15.9. The highest BCUT2D eigenvalue weighted by Gasteiger charge is 2.11. The predicted molar refractivity (Wildman–Crippen MR) is 89.4 cm³/mol. The first-order valence-electron chi connectivity index (χ1n) is 6.88. The number of rotatable bonds is 5. The molecular formula is C17H17BrN2O2. The third-order valence-corrected chi connectivity index (χ3v) is 3.72. The Morgan fingerprint density at radius 1 is 1.05 bits per heavy atom. The van der Waals surface area contributed by atoms with Crippen molar-refractivity contribution in [3.8, 4) is 0 Å². The largest absolute Gasteiger partial charge is 0.343 e. The first-order valence-corrected chi connectivity index (χ1v) is 7.67. The van der Waals surface area contributed by atoms with Gasteiger partial charge in [0.2, 0.25) is 5.91 Å². The summed E-state index contributed by atoms with van der Waals surface area (Å²) in [4.78, 5) is 25.6. The Morgan fingerprint density at radius 2 is 1.68 bits per heavy atom. The van der Waals surface area contributed by atoms with Gasteiger partial charge < -0.3 is 10.2 Å². The van der Waals surface area contributed by atoms with Gasteiger partial charge in [0.25, 0.3) is 5.91 Å². The van der Waals surface area contributed by atoms with Crippen molar-refractivity contribution in [2.45, 2.75) is 6.54 Å². The minimum absolute atomic E-state index is 0.0156. The second-order valence-corrected chi connectivity index (χ2v) is 5.84. The van der Waals surface area contributed by atoms with Gasteiger partial charge in [0, 0.05) is 23.6 Å². The summed E-state index contributed by atoms with van der Waals surface area (Å²) in [6, 6.07) is 16.7. The molecule has 0 atom stereocenters. The standard InChI is InChI=1S/C17H17BrN2O2/c1-20(12-13-5-3-2-4-6-13)16(21)11-19-17(22)14-7-9-15(18)10-8-14/h2-10H,11-12H2,1H3,(H,19,22). The van der Waals surface area contributed by atoms with Crippen LogP contribution in [-0.2, 0) is 11.3 Å². The highest BCUT2D eigenvalue weighted by Crippen LogP contribution is 2.10. The van der Waals surface area contributed by atoms with Crippen molar-refractivity contribution < 1.29 is 9.59 Å². The summed E-state index contributed by atoms with van der Waals surface area (Å²) in [5, 5.41) is 2.64. The van der Waals surface area contributed by atoms with Gasteiger partial charge in [-0.2, -0.15) is 0 Å². The van der Waals surface area contributed by atoms with Crippen molar-refractivity contribution in [2.75, 3.05) is 13.6 Å². The summed E-state index contributed by atoms with van der Waals surface area (Å²) in [5.74, 6) is -0.386. The van der Waals surface area contributed by atoms with Gasteiger partial charge in [-0.3, -0.25) is 9.59 Å². The van der Waals surface area contributed by atoms with E-state index in [4.69, 9.17) is 0 Å². The van der Waals surface area contributed by atoms with Gasteiger partial charge in [-0.1, -0.05) is 46.3 Å². The average molecular weight is 361 g/mol. The van der Waals surface area contributed by atoms with Crippen LogP contribution in [0.3, 0.4) is 0 Å². The molecule has 2 aromatic rings. The molecule has 1 N–H and O–H groups in total. The summed E-state index contributed by atoms with van der Waals surface area (Å²) >= 11 is 3.31. The van der Waals surface area contributed by atoms with E-state index in [1.165, 1.54) is 0 Å². The summed E-state index contributed by atoms with van der Waals surface area (Å²) in [6.45, 7) is 0.506. The van der Waals surface area contributed by atoms with Crippen LogP contribution >= 0.6 is 15.9 Å². The lowest BCUT2D eigenvalue weighted by atomic mass is 10.2. The van der Waals surface area contributed by atoms with Gasteiger partial charge in [-0.15, -0.1) is 0 Å². The molecule has 2 amide bonds.